The van der Waals surface area contributed by atoms with E-state index in [-0.39, 0.29) is 23.0 Å². The number of nitrogens with one attached hydrogen (secondary N) is 3. The minimum atomic E-state index is -0.620. The highest BCUT2D eigenvalue weighted by molar-refractivity contribution is 9.10. The molecule has 1 fully saturated rings. The molecular formula is C21H17BrFN3O5S. The normalized spacial score (nSPS) is 13.2. The molecule has 1 aliphatic rings. The van der Waals surface area contributed by atoms with Crippen LogP contribution in [0.1, 0.15) is 12.5 Å². The number of hydrogen-bond donors (Lipinski definition) is 3. The summed E-state index contributed by atoms with van der Waals surface area (Å²) in [4.78, 5) is 36.3. The molecule has 166 valence electrons. The van der Waals surface area contributed by atoms with Gasteiger partial charge in [0.1, 0.15) is 11.4 Å². The molecule has 8 nitrogen and oxygen atoms in total. The lowest BCUT2D eigenvalue weighted by Gasteiger charge is -2.17. The number of benzene rings is 2. The molecule has 11 heteroatoms. The molecule has 0 spiro atoms. The van der Waals surface area contributed by atoms with Crippen LogP contribution >= 0.6 is 28.1 Å². The van der Waals surface area contributed by atoms with Crippen molar-refractivity contribution in [2.45, 2.75) is 6.92 Å². The molecule has 0 bridgehead atoms. The van der Waals surface area contributed by atoms with Gasteiger partial charge in [0, 0.05) is 5.69 Å². The van der Waals surface area contributed by atoms with E-state index in [4.69, 9.17) is 21.7 Å². The van der Waals surface area contributed by atoms with Crippen LogP contribution in [0.15, 0.2) is 46.4 Å². The minimum absolute atomic E-state index is 0.0593. The van der Waals surface area contributed by atoms with Crippen molar-refractivity contribution in [1.29, 1.82) is 0 Å². The number of rotatable bonds is 7. The lowest BCUT2D eigenvalue weighted by Crippen LogP contribution is -2.51. The SMILES string of the molecule is CCOc1cc(C=C2C(=O)NC(=S)NC2=O)cc(Br)c1OCC(=O)Nc1ccc(F)cc1. The van der Waals surface area contributed by atoms with Crippen molar-refractivity contribution < 1.29 is 28.2 Å². The maximum Gasteiger partial charge on any atom is 0.263 e. The van der Waals surface area contributed by atoms with Crippen molar-refractivity contribution >= 4 is 62.7 Å². The third-order valence-corrected chi connectivity index (χ3v) is 4.85. The Morgan fingerprint density at radius 3 is 2.44 bits per heavy atom. The third-order valence-electron chi connectivity index (χ3n) is 4.06. The highest BCUT2D eigenvalue weighted by Gasteiger charge is 2.26. The second-order valence-electron chi connectivity index (χ2n) is 6.40. The van der Waals surface area contributed by atoms with Gasteiger partial charge in [0.05, 0.1) is 11.1 Å². The highest BCUT2D eigenvalue weighted by Crippen LogP contribution is 2.37. The second kappa shape index (κ2) is 10.3. The van der Waals surface area contributed by atoms with Gasteiger partial charge in [-0.2, -0.15) is 0 Å². The lowest BCUT2D eigenvalue weighted by atomic mass is 10.1. The molecule has 1 saturated heterocycles. The Balaban J connectivity index is 1.78. The number of amides is 3. The number of ether oxygens (including phenoxy) is 2. The molecule has 3 rings (SSSR count). The van der Waals surface area contributed by atoms with Crippen molar-refractivity contribution in [2.24, 2.45) is 0 Å². The highest BCUT2D eigenvalue weighted by atomic mass is 79.9. The molecule has 0 radical (unpaired) electrons. The van der Waals surface area contributed by atoms with Gasteiger partial charge in [-0.3, -0.25) is 25.0 Å². The molecule has 0 atom stereocenters. The van der Waals surface area contributed by atoms with Gasteiger partial charge in [-0.1, -0.05) is 0 Å². The van der Waals surface area contributed by atoms with E-state index in [1.165, 1.54) is 30.3 Å². The van der Waals surface area contributed by atoms with Crippen LogP contribution in [-0.2, 0) is 14.4 Å². The molecule has 32 heavy (non-hydrogen) atoms. The van der Waals surface area contributed by atoms with E-state index in [0.717, 1.165) is 0 Å². The van der Waals surface area contributed by atoms with E-state index in [0.29, 0.717) is 28.1 Å². The van der Waals surface area contributed by atoms with Gasteiger partial charge >= 0.3 is 0 Å². The largest absolute Gasteiger partial charge is 0.490 e. The number of thiocarbonyl (C=S) groups is 1. The molecule has 3 amide bonds. The van der Waals surface area contributed by atoms with Gasteiger partial charge < -0.3 is 14.8 Å². The van der Waals surface area contributed by atoms with Crippen LogP contribution in [0.2, 0.25) is 0 Å². The molecule has 2 aromatic carbocycles. The predicted octanol–water partition coefficient (Wildman–Crippen LogP) is 2.92. The van der Waals surface area contributed by atoms with Crippen LogP contribution in [0.5, 0.6) is 11.5 Å². The Labute approximate surface area is 196 Å². The molecule has 1 heterocycles. The van der Waals surface area contributed by atoms with Gasteiger partial charge in [-0.05, 0) is 83.1 Å². The average Bonchev–Trinajstić information content (AvgIpc) is 2.72. The topological polar surface area (TPSA) is 106 Å². The fourth-order valence-corrected chi connectivity index (χ4v) is 3.47. The summed E-state index contributed by atoms with van der Waals surface area (Å²) in [7, 11) is 0. The number of carbonyl (C=O) groups excluding carboxylic acids is 3. The van der Waals surface area contributed by atoms with Crippen molar-refractivity contribution in [3.05, 3.63) is 57.8 Å². The van der Waals surface area contributed by atoms with E-state index < -0.39 is 23.5 Å². The van der Waals surface area contributed by atoms with Gasteiger partial charge in [0.15, 0.2) is 23.2 Å². The number of hydrogen-bond acceptors (Lipinski definition) is 6. The quantitative estimate of drug-likeness (QED) is 0.294. The lowest BCUT2D eigenvalue weighted by molar-refractivity contribution is -0.123. The zero-order valence-corrected chi connectivity index (χ0v) is 19.1. The smallest absolute Gasteiger partial charge is 0.263 e. The fourth-order valence-electron chi connectivity index (χ4n) is 2.72. The van der Waals surface area contributed by atoms with Gasteiger partial charge in [-0.25, -0.2) is 4.39 Å². The minimum Gasteiger partial charge on any atom is -0.490 e. The van der Waals surface area contributed by atoms with Crippen LogP contribution in [0, 0.1) is 5.82 Å². The Morgan fingerprint density at radius 1 is 1.16 bits per heavy atom. The Bertz CT molecular complexity index is 1100. The fraction of sp³-hybridized carbons (Fsp3) is 0.143. The van der Waals surface area contributed by atoms with Crippen molar-refractivity contribution in [3.63, 3.8) is 0 Å². The molecule has 2 aromatic rings. The zero-order valence-electron chi connectivity index (χ0n) is 16.7. The first-order valence-corrected chi connectivity index (χ1v) is 10.5. The molecule has 0 unspecified atom stereocenters. The van der Waals surface area contributed by atoms with Crippen LogP contribution < -0.4 is 25.4 Å². The molecule has 0 aliphatic carbocycles. The summed E-state index contributed by atoms with van der Waals surface area (Å²) >= 11 is 8.15. The van der Waals surface area contributed by atoms with Crippen LogP contribution in [0.3, 0.4) is 0 Å². The van der Waals surface area contributed by atoms with Crippen molar-refractivity contribution in [1.82, 2.24) is 10.6 Å². The summed E-state index contributed by atoms with van der Waals surface area (Å²) in [5.74, 6) is -1.54. The summed E-state index contributed by atoms with van der Waals surface area (Å²) in [5.41, 5.74) is 0.784. The van der Waals surface area contributed by atoms with E-state index in [1.807, 2.05) is 0 Å². The molecule has 3 N–H and O–H groups in total. The van der Waals surface area contributed by atoms with Gasteiger partial charge in [0.25, 0.3) is 17.7 Å². The summed E-state index contributed by atoms with van der Waals surface area (Å²) < 4.78 is 24.7. The molecule has 1 aliphatic heterocycles. The Kier molecular flexibility index (Phi) is 7.54. The Morgan fingerprint density at radius 2 is 1.81 bits per heavy atom. The number of halogens is 2. The predicted molar refractivity (Wildman–Crippen MR) is 123 cm³/mol. The summed E-state index contributed by atoms with van der Waals surface area (Å²) in [6, 6.07) is 8.50. The van der Waals surface area contributed by atoms with Crippen LogP contribution in [0.25, 0.3) is 6.08 Å². The van der Waals surface area contributed by atoms with Gasteiger partial charge in [-0.15, -0.1) is 0 Å². The molecule has 0 saturated carbocycles. The number of anilines is 1. The second-order valence-corrected chi connectivity index (χ2v) is 7.66. The van der Waals surface area contributed by atoms with Crippen molar-refractivity contribution in [3.8, 4) is 11.5 Å². The maximum absolute atomic E-state index is 13.0. The van der Waals surface area contributed by atoms with Gasteiger partial charge in [0.2, 0.25) is 0 Å². The Hall–Kier alpha value is -3.31. The first-order valence-electron chi connectivity index (χ1n) is 9.29. The summed E-state index contributed by atoms with van der Waals surface area (Å²) in [5, 5.41) is 7.26. The average molecular weight is 522 g/mol. The van der Waals surface area contributed by atoms with E-state index in [9.17, 15) is 18.8 Å². The monoisotopic (exact) mass is 521 g/mol. The first-order chi connectivity index (χ1) is 15.3. The van der Waals surface area contributed by atoms with Crippen molar-refractivity contribution in [2.75, 3.05) is 18.5 Å². The van der Waals surface area contributed by atoms with Crippen LogP contribution in [-0.4, -0.2) is 36.0 Å². The van der Waals surface area contributed by atoms with E-state index in [1.54, 1.807) is 19.1 Å². The standard InChI is InChI=1S/C21H17BrFN3O5S/c1-2-30-16-9-11(7-14-19(28)25-21(32)26-20(14)29)8-15(22)18(16)31-10-17(27)24-13-5-3-12(23)4-6-13/h3-9H,2,10H2,1H3,(H,24,27)(H2,25,26,28,29,32). The van der Waals surface area contributed by atoms with E-state index in [2.05, 4.69) is 31.9 Å². The summed E-state index contributed by atoms with van der Waals surface area (Å²) in [6.07, 6.45) is 1.38. The first kappa shape index (κ1) is 23.4. The molecule has 0 aromatic heterocycles. The van der Waals surface area contributed by atoms with Crippen LogP contribution in [0.4, 0.5) is 10.1 Å². The molecular weight excluding hydrogens is 505 g/mol. The van der Waals surface area contributed by atoms with E-state index >= 15 is 0 Å². The summed E-state index contributed by atoms with van der Waals surface area (Å²) in [6.45, 7) is 1.74. The zero-order chi connectivity index (χ0) is 23.3. The number of carbonyl (C=O) groups is 3. The third kappa shape index (κ3) is 5.89. The maximum atomic E-state index is 13.0.